The summed E-state index contributed by atoms with van der Waals surface area (Å²) in [6.45, 7) is -3.29. The van der Waals surface area contributed by atoms with E-state index >= 15 is 0 Å². The van der Waals surface area contributed by atoms with Gasteiger partial charge in [0.2, 0.25) is 0 Å². The molecule has 7 heteroatoms. The molecule has 0 saturated carbocycles. The molecule has 4 atom stereocenters. The Hall–Kier alpha value is -0.570. The Kier molecular flexibility index (Phi) is 6.41. The van der Waals surface area contributed by atoms with Gasteiger partial charge < -0.3 is 30.3 Å². The lowest BCUT2D eigenvalue weighted by molar-refractivity contribution is -0.144. The zero-order valence-corrected chi connectivity index (χ0v) is 7.98. The number of Topliss-reactive ketones (excluding diaryl/α,β-unsaturated/α-hetero) is 1. The molecule has 0 aromatic rings. The highest BCUT2D eigenvalue weighted by Gasteiger charge is 2.29. The van der Waals surface area contributed by atoms with E-state index in [0.29, 0.717) is 0 Å². The van der Waals surface area contributed by atoms with Gasteiger partial charge in [-0.2, -0.15) is 0 Å². The average molecular weight is 225 g/mol. The van der Waals surface area contributed by atoms with Gasteiger partial charge in [-0.3, -0.25) is 4.79 Å². The maximum Gasteiger partial charge on any atom is 0.189 e. The van der Waals surface area contributed by atoms with Gasteiger partial charge in [-0.1, -0.05) is 0 Å². The second kappa shape index (κ2) is 7.69. The van der Waals surface area contributed by atoms with Gasteiger partial charge in [-0.15, -0.1) is 0 Å². The predicted octanol–water partition coefficient (Wildman–Crippen LogP) is -3.36. The van der Waals surface area contributed by atoms with Crippen LogP contribution in [0.1, 0.15) is 1.37 Å². The minimum atomic E-state index is -1.88. The monoisotopic (exact) mass is 225 g/mol. The van der Waals surface area contributed by atoms with E-state index in [-0.39, 0.29) is 0 Å². The maximum atomic E-state index is 11.1. The molecule has 0 rings (SSSR count). The van der Waals surface area contributed by atoms with Gasteiger partial charge in [-0.25, -0.2) is 0 Å². The highest BCUT2D eigenvalue weighted by Crippen LogP contribution is 2.01. The van der Waals surface area contributed by atoms with Gasteiger partial charge in [-0.05, 0) is 0 Å². The van der Waals surface area contributed by atoms with Crippen molar-refractivity contribution >= 4 is 5.78 Å². The molecule has 0 spiro atoms. The third-order valence-corrected chi connectivity index (χ3v) is 1.67. The van der Waals surface area contributed by atoms with Crippen molar-refractivity contribution < 1.29 is 36.4 Å². The van der Waals surface area contributed by atoms with E-state index in [1.165, 1.54) is 0 Å². The fourth-order valence-electron chi connectivity index (χ4n) is 0.806. The third kappa shape index (κ3) is 5.17. The van der Waals surface area contributed by atoms with Crippen LogP contribution in [0.3, 0.4) is 0 Å². The van der Waals surface area contributed by atoms with E-state index in [9.17, 15) is 9.90 Å². The van der Waals surface area contributed by atoms with Gasteiger partial charge in [0.05, 0.1) is 21.2 Å². The summed E-state index contributed by atoms with van der Waals surface area (Å²) in [6, 6.07) is 0. The second-order valence-electron chi connectivity index (χ2n) is 2.85. The molecule has 0 amide bonds. The summed E-state index contributed by atoms with van der Waals surface area (Å²) in [6.07, 6.45) is -5.31. The minimum absolute atomic E-state index is 0.406. The van der Waals surface area contributed by atoms with Crippen molar-refractivity contribution in [2.45, 2.75) is 18.3 Å². The van der Waals surface area contributed by atoms with Crippen molar-refractivity contribution in [1.82, 2.24) is 0 Å². The lowest BCUT2D eigenvalue weighted by Gasteiger charge is -2.20. The Morgan fingerprint density at radius 1 is 1.33 bits per heavy atom. The number of carbonyl (C=O) groups is 1. The molecule has 15 heavy (non-hydrogen) atoms. The maximum absolute atomic E-state index is 11.1. The molecular formula is C8H16O7. The Bertz CT molecular complexity index is 211. The molecule has 90 valence electrons. The van der Waals surface area contributed by atoms with Crippen molar-refractivity contribution in [3.8, 4) is 0 Å². The molecule has 0 bridgehead atoms. The van der Waals surface area contributed by atoms with Gasteiger partial charge in [0.25, 0.3) is 0 Å². The summed E-state index contributed by atoms with van der Waals surface area (Å²) in [5.41, 5.74) is 0. The summed E-state index contributed by atoms with van der Waals surface area (Å²) >= 11 is 0. The van der Waals surface area contributed by atoms with E-state index in [1.54, 1.807) is 0 Å². The predicted molar refractivity (Wildman–Crippen MR) is 48.0 cm³/mol. The summed E-state index contributed by atoms with van der Waals surface area (Å²) in [4.78, 5) is 11.1. The molecule has 0 aliphatic rings. The van der Waals surface area contributed by atoms with Crippen LogP contribution in [-0.4, -0.2) is 76.0 Å². The molecule has 0 aromatic heterocycles. The first-order valence-electron chi connectivity index (χ1n) is 4.83. The Morgan fingerprint density at radius 2 is 1.93 bits per heavy atom. The van der Waals surface area contributed by atoms with Crippen LogP contribution in [0, 0.1) is 0 Å². The smallest absolute Gasteiger partial charge is 0.189 e. The molecule has 0 saturated heterocycles. The van der Waals surface area contributed by atoms with Gasteiger partial charge in [0.1, 0.15) is 24.9 Å². The van der Waals surface area contributed by atoms with Crippen LogP contribution in [0.2, 0.25) is 0 Å². The van der Waals surface area contributed by atoms with Gasteiger partial charge >= 0.3 is 0 Å². The summed E-state index contributed by atoms with van der Waals surface area (Å²) in [5, 5.41) is 44.2. The topological polar surface area (TPSA) is 127 Å². The van der Waals surface area contributed by atoms with Gasteiger partial charge in [0.15, 0.2) is 5.78 Å². The van der Waals surface area contributed by atoms with Crippen molar-refractivity contribution in [3.63, 3.8) is 0 Å². The molecular weight excluding hydrogens is 208 g/mol. The fraction of sp³-hybridized carbons (Fsp3) is 0.875. The number of aliphatic hydroxyl groups excluding tert-OH is 5. The Balaban J connectivity index is 3.98. The summed E-state index contributed by atoms with van der Waals surface area (Å²) in [5.74, 6) is -0.916. The van der Waals surface area contributed by atoms with Crippen molar-refractivity contribution in [1.29, 1.82) is 0 Å². The molecule has 0 radical (unpaired) electrons. The number of carbonyl (C=O) groups excluding carboxylic acids is 1. The summed E-state index contributed by atoms with van der Waals surface area (Å²) < 4.78 is 11.2. The molecule has 5 N–H and O–H groups in total. The number of hydrogen-bond acceptors (Lipinski definition) is 7. The van der Waals surface area contributed by atoms with Gasteiger partial charge in [0, 0.05) is 0 Å². The molecule has 0 aliphatic heterocycles. The Morgan fingerprint density at radius 3 is 2.40 bits per heavy atom. The van der Waals surface area contributed by atoms with Crippen molar-refractivity contribution in [2.75, 3.05) is 26.4 Å². The van der Waals surface area contributed by atoms with E-state index in [1.807, 2.05) is 0 Å². The molecule has 1 unspecified atom stereocenters. The second-order valence-corrected chi connectivity index (χ2v) is 2.85. The SMILES string of the molecule is [2H]C(O)COCC(=O)[C@@H](O)[C@H](O)[C@H](O)CO. The number of aliphatic hydroxyl groups is 5. The van der Waals surface area contributed by atoms with Crippen LogP contribution in [0.15, 0.2) is 0 Å². The van der Waals surface area contributed by atoms with Crippen LogP contribution < -0.4 is 0 Å². The highest BCUT2D eigenvalue weighted by molar-refractivity contribution is 5.84. The lowest BCUT2D eigenvalue weighted by Crippen LogP contribution is -2.45. The van der Waals surface area contributed by atoms with E-state index < -0.39 is 50.5 Å². The number of rotatable bonds is 8. The standard InChI is InChI=1S/C8H16O7/c9-1-2-15-4-6(12)8(14)7(13)5(11)3-10/h5,7-11,13-14H,1-4H2/t5-,7-,8-/m1/s1/i1D/t1?,5-,7-,8-. The van der Waals surface area contributed by atoms with Crippen LogP contribution in [0.4, 0.5) is 0 Å². The first-order valence-corrected chi connectivity index (χ1v) is 4.26. The lowest BCUT2D eigenvalue weighted by atomic mass is 10.1. The first-order chi connectivity index (χ1) is 7.40. The highest BCUT2D eigenvalue weighted by atomic mass is 16.5. The van der Waals surface area contributed by atoms with Crippen LogP contribution in [0.25, 0.3) is 0 Å². The number of hydrogen-bond donors (Lipinski definition) is 5. The zero-order valence-electron chi connectivity index (χ0n) is 8.98. The molecule has 0 heterocycles. The Labute approximate surface area is 87.9 Å². The number of ether oxygens (including phenoxy) is 1. The fourth-order valence-corrected chi connectivity index (χ4v) is 0.806. The normalized spacial score (nSPS) is 20.2. The number of ketones is 1. The zero-order chi connectivity index (χ0) is 12.7. The van der Waals surface area contributed by atoms with E-state index in [4.69, 9.17) is 21.8 Å². The molecule has 7 nitrogen and oxygen atoms in total. The molecule has 0 fully saturated rings. The molecule has 0 aliphatic carbocycles. The average Bonchev–Trinajstić information content (AvgIpc) is 2.25. The van der Waals surface area contributed by atoms with Crippen LogP contribution in [0.5, 0.6) is 0 Å². The van der Waals surface area contributed by atoms with Crippen LogP contribution in [-0.2, 0) is 9.53 Å². The largest absolute Gasteiger partial charge is 0.394 e. The summed E-state index contributed by atoms with van der Waals surface area (Å²) in [7, 11) is 0. The van der Waals surface area contributed by atoms with Crippen molar-refractivity contribution in [2.24, 2.45) is 0 Å². The van der Waals surface area contributed by atoms with E-state index in [2.05, 4.69) is 4.74 Å². The third-order valence-electron chi connectivity index (χ3n) is 1.67. The van der Waals surface area contributed by atoms with Crippen molar-refractivity contribution in [3.05, 3.63) is 0 Å². The first kappa shape index (κ1) is 12.5. The van der Waals surface area contributed by atoms with Crippen LogP contribution >= 0.6 is 0 Å². The molecule has 0 aromatic carbocycles. The minimum Gasteiger partial charge on any atom is -0.394 e. The quantitative estimate of drug-likeness (QED) is 0.292. The van der Waals surface area contributed by atoms with E-state index in [0.717, 1.165) is 0 Å².